The van der Waals surface area contributed by atoms with E-state index in [-0.39, 0.29) is 11.6 Å². The number of anilines is 1. The summed E-state index contributed by atoms with van der Waals surface area (Å²) in [4.78, 5) is 14.2. The standard InChI is InChI=1S/C12H19BrN4O/c1-2-5-17-12(18)11(13)10(7-15-17)16-6-3-4-9(14)8-16/h7,9H,2-6,8,14H2,1H3. The van der Waals surface area contributed by atoms with Crippen LogP contribution in [0.25, 0.3) is 0 Å². The molecule has 1 aliphatic rings. The third-order valence-electron chi connectivity index (χ3n) is 3.20. The van der Waals surface area contributed by atoms with Gasteiger partial charge in [0.1, 0.15) is 4.47 Å². The van der Waals surface area contributed by atoms with E-state index >= 15 is 0 Å². The average molecular weight is 315 g/mol. The Labute approximate surface area is 115 Å². The predicted octanol–water partition coefficient (Wildman–Crippen LogP) is 1.34. The van der Waals surface area contributed by atoms with Crippen LogP contribution >= 0.6 is 15.9 Å². The van der Waals surface area contributed by atoms with Gasteiger partial charge >= 0.3 is 0 Å². The summed E-state index contributed by atoms with van der Waals surface area (Å²) < 4.78 is 2.09. The van der Waals surface area contributed by atoms with E-state index in [0.717, 1.165) is 38.0 Å². The smallest absolute Gasteiger partial charge is 0.283 e. The van der Waals surface area contributed by atoms with E-state index in [1.165, 1.54) is 4.68 Å². The Hall–Kier alpha value is -0.880. The zero-order valence-electron chi connectivity index (χ0n) is 10.6. The molecule has 100 valence electrons. The Morgan fingerprint density at radius 2 is 2.39 bits per heavy atom. The van der Waals surface area contributed by atoms with Gasteiger partial charge in [-0.05, 0) is 35.2 Å². The maximum atomic E-state index is 12.1. The van der Waals surface area contributed by atoms with E-state index in [0.29, 0.717) is 11.0 Å². The van der Waals surface area contributed by atoms with Gasteiger partial charge in [0.15, 0.2) is 0 Å². The molecule has 0 aromatic carbocycles. The molecule has 1 unspecified atom stereocenters. The van der Waals surface area contributed by atoms with Crippen molar-refractivity contribution in [3.8, 4) is 0 Å². The number of aromatic nitrogens is 2. The van der Waals surface area contributed by atoms with E-state index in [4.69, 9.17) is 5.73 Å². The Morgan fingerprint density at radius 1 is 1.61 bits per heavy atom. The molecule has 0 saturated carbocycles. The molecule has 1 fully saturated rings. The monoisotopic (exact) mass is 314 g/mol. The maximum Gasteiger partial charge on any atom is 0.283 e. The summed E-state index contributed by atoms with van der Waals surface area (Å²) >= 11 is 3.40. The van der Waals surface area contributed by atoms with Gasteiger partial charge in [-0.3, -0.25) is 4.79 Å². The van der Waals surface area contributed by atoms with Crippen molar-refractivity contribution in [2.75, 3.05) is 18.0 Å². The molecule has 2 rings (SSSR count). The first-order valence-corrected chi connectivity index (χ1v) is 7.19. The van der Waals surface area contributed by atoms with Crippen molar-refractivity contribution in [2.24, 2.45) is 5.73 Å². The Bertz CT molecular complexity index is 474. The number of piperidine rings is 1. The maximum absolute atomic E-state index is 12.1. The van der Waals surface area contributed by atoms with Crippen LogP contribution in [0.15, 0.2) is 15.5 Å². The molecule has 1 aromatic rings. The normalized spacial score (nSPS) is 20.2. The summed E-state index contributed by atoms with van der Waals surface area (Å²) in [6.45, 7) is 4.40. The lowest BCUT2D eigenvalue weighted by atomic mass is 10.1. The summed E-state index contributed by atoms with van der Waals surface area (Å²) in [6.07, 6.45) is 4.77. The molecule has 0 aliphatic carbocycles. The summed E-state index contributed by atoms with van der Waals surface area (Å²) in [7, 11) is 0. The third kappa shape index (κ3) is 2.75. The highest BCUT2D eigenvalue weighted by atomic mass is 79.9. The second-order valence-electron chi connectivity index (χ2n) is 4.72. The molecule has 0 radical (unpaired) electrons. The number of hydrogen-bond donors (Lipinski definition) is 1. The van der Waals surface area contributed by atoms with Gasteiger partial charge in [-0.25, -0.2) is 4.68 Å². The van der Waals surface area contributed by atoms with E-state index in [2.05, 4.69) is 25.9 Å². The first-order valence-electron chi connectivity index (χ1n) is 6.39. The van der Waals surface area contributed by atoms with Crippen LogP contribution in [0.4, 0.5) is 5.69 Å². The van der Waals surface area contributed by atoms with Crippen LogP contribution in [0.3, 0.4) is 0 Å². The fraction of sp³-hybridized carbons (Fsp3) is 0.667. The zero-order chi connectivity index (χ0) is 13.1. The molecule has 5 nitrogen and oxygen atoms in total. The second-order valence-corrected chi connectivity index (χ2v) is 5.51. The summed E-state index contributed by atoms with van der Waals surface area (Å²) in [6, 6.07) is 0.184. The molecule has 2 N–H and O–H groups in total. The van der Waals surface area contributed by atoms with Gasteiger partial charge in [-0.2, -0.15) is 5.10 Å². The molecule has 0 spiro atoms. The highest BCUT2D eigenvalue weighted by Crippen LogP contribution is 2.24. The van der Waals surface area contributed by atoms with Crippen LogP contribution in [0.2, 0.25) is 0 Å². The van der Waals surface area contributed by atoms with Crippen LogP contribution in [0.1, 0.15) is 26.2 Å². The van der Waals surface area contributed by atoms with Crippen LogP contribution in [-0.2, 0) is 6.54 Å². The number of nitrogens with zero attached hydrogens (tertiary/aromatic N) is 3. The number of rotatable bonds is 3. The van der Waals surface area contributed by atoms with Crippen molar-refractivity contribution < 1.29 is 0 Å². The quantitative estimate of drug-likeness (QED) is 0.914. The number of aryl methyl sites for hydroxylation is 1. The molecule has 0 bridgehead atoms. The minimum absolute atomic E-state index is 0.0616. The van der Waals surface area contributed by atoms with E-state index < -0.39 is 0 Å². The summed E-state index contributed by atoms with van der Waals surface area (Å²) in [5.74, 6) is 0. The Balaban J connectivity index is 2.29. The summed E-state index contributed by atoms with van der Waals surface area (Å²) in [5.41, 5.74) is 6.77. The van der Waals surface area contributed by atoms with Crippen molar-refractivity contribution in [3.05, 3.63) is 21.0 Å². The molecule has 1 aliphatic heterocycles. The topological polar surface area (TPSA) is 64.2 Å². The van der Waals surface area contributed by atoms with Gasteiger partial charge in [0, 0.05) is 25.7 Å². The number of halogens is 1. The molecule has 6 heteroatoms. The van der Waals surface area contributed by atoms with Crippen molar-refractivity contribution >= 4 is 21.6 Å². The van der Waals surface area contributed by atoms with Gasteiger partial charge in [0.05, 0.1) is 11.9 Å². The van der Waals surface area contributed by atoms with Crippen molar-refractivity contribution in [2.45, 2.75) is 38.8 Å². The molecule has 1 aromatic heterocycles. The van der Waals surface area contributed by atoms with Gasteiger partial charge in [-0.1, -0.05) is 6.92 Å². The second kappa shape index (κ2) is 5.84. The average Bonchev–Trinajstić information content (AvgIpc) is 2.35. The largest absolute Gasteiger partial charge is 0.368 e. The van der Waals surface area contributed by atoms with Gasteiger partial charge < -0.3 is 10.6 Å². The molecular formula is C12H19BrN4O. The van der Waals surface area contributed by atoms with Crippen LogP contribution in [0, 0.1) is 0 Å². The minimum Gasteiger partial charge on any atom is -0.368 e. The lowest BCUT2D eigenvalue weighted by molar-refractivity contribution is 0.501. The van der Waals surface area contributed by atoms with Crippen molar-refractivity contribution in [1.82, 2.24) is 9.78 Å². The van der Waals surface area contributed by atoms with Gasteiger partial charge in [0.25, 0.3) is 5.56 Å². The molecule has 18 heavy (non-hydrogen) atoms. The van der Waals surface area contributed by atoms with Gasteiger partial charge in [0.2, 0.25) is 0 Å². The molecule has 2 heterocycles. The Morgan fingerprint density at radius 3 is 3.06 bits per heavy atom. The van der Waals surface area contributed by atoms with Crippen LogP contribution in [-0.4, -0.2) is 28.9 Å². The Kier molecular flexibility index (Phi) is 4.40. The van der Waals surface area contributed by atoms with Crippen molar-refractivity contribution in [1.29, 1.82) is 0 Å². The zero-order valence-corrected chi connectivity index (χ0v) is 12.2. The number of hydrogen-bond acceptors (Lipinski definition) is 4. The molecule has 0 amide bonds. The highest BCUT2D eigenvalue weighted by Gasteiger charge is 2.20. The fourth-order valence-electron chi connectivity index (χ4n) is 2.28. The lowest BCUT2D eigenvalue weighted by Crippen LogP contribution is -2.43. The molecular weight excluding hydrogens is 296 g/mol. The van der Waals surface area contributed by atoms with E-state index in [9.17, 15) is 4.79 Å². The predicted molar refractivity (Wildman–Crippen MR) is 75.9 cm³/mol. The van der Waals surface area contributed by atoms with Crippen LogP contribution in [0.5, 0.6) is 0 Å². The SMILES string of the molecule is CCCn1ncc(N2CCCC(N)C2)c(Br)c1=O. The molecule has 1 saturated heterocycles. The van der Waals surface area contributed by atoms with Crippen molar-refractivity contribution in [3.63, 3.8) is 0 Å². The third-order valence-corrected chi connectivity index (χ3v) is 3.95. The first-order chi connectivity index (χ1) is 8.63. The number of nitrogens with two attached hydrogens (primary N) is 1. The van der Waals surface area contributed by atoms with Gasteiger partial charge in [-0.15, -0.1) is 0 Å². The minimum atomic E-state index is -0.0616. The summed E-state index contributed by atoms with van der Waals surface area (Å²) in [5, 5.41) is 4.22. The van der Waals surface area contributed by atoms with Crippen LogP contribution < -0.4 is 16.2 Å². The highest BCUT2D eigenvalue weighted by molar-refractivity contribution is 9.10. The van der Waals surface area contributed by atoms with E-state index in [1.54, 1.807) is 6.20 Å². The molecule has 1 atom stereocenters. The first kappa shape index (κ1) is 13.5. The van der Waals surface area contributed by atoms with E-state index in [1.807, 2.05) is 6.92 Å². The fourth-order valence-corrected chi connectivity index (χ4v) is 2.83. The lowest BCUT2D eigenvalue weighted by Gasteiger charge is -2.32.